The van der Waals surface area contributed by atoms with E-state index in [0.29, 0.717) is 19.5 Å². The molecule has 2 rings (SSSR count). The first-order chi connectivity index (χ1) is 8.30. The van der Waals surface area contributed by atoms with E-state index in [2.05, 4.69) is 4.74 Å². The van der Waals surface area contributed by atoms with E-state index in [1.54, 1.807) is 4.90 Å². The van der Waals surface area contributed by atoms with Gasteiger partial charge in [-0.15, -0.1) is 0 Å². The number of hydrogen-bond donors (Lipinski definition) is 0. The lowest BCUT2D eigenvalue weighted by Gasteiger charge is -2.26. The Kier molecular flexibility index (Phi) is 3.04. The summed E-state index contributed by atoms with van der Waals surface area (Å²) in [5, 5.41) is 0. The predicted octanol–water partition coefficient (Wildman–Crippen LogP) is 0.612. The van der Waals surface area contributed by atoms with Crippen molar-refractivity contribution in [1.82, 2.24) is 9.80 Å². The number of hydrogen-bond acceptors (Lipinski definition) is 4. The zero-order chi connectivity index (χ0) is 13.5. The molecule has 0 bridgehead atoms. The summed E-state index contributed by atoms with van der Waals surface area (Å²) in [6.07, 6.45) is 0.0397. The van der Waals surface area contributed by atoms with E-state index in [4.69, 9.17) is 0 Å². The molecule has 6 heteroatoms. The molecule has 3 amide bonds. The fourth-order valence-corrected chi connectivity index (χ4v) is 2.33. The van der Waals surface area contributed by atoms with Gasteiger partial charge in [0, 0.05) is 18.5 Å². The van der Waals surface area contributed by atoms with Crippen LogP contribution in [0.25, 0.3) is 0 Å². The summed E-state index contributed by atoms with van der Waals surface area (Å²) in [4.78, 5) is 37.9. The third kappa shape index (κ3) is 2.19. The maximum Gasteiger partial charge on any atom is 0.417 e. The van der Waals surface area contributed by atoms with Crippen LogP contribution in [0.15, 0.2) is 0 Å². The zero-order valence-corrected chi connectivity index (χ0v) is 10.9. The molecular weight excluding hydrogens is 236 g/mol. The van der Waals surface area contributed by atoms with Crippen LogP contribution in [-0.4, -0.2) is 53.4 Å². The van der Waals surface area contributed by atoms with E-state index >= 15 is 0 Å². The van der Waals surface area contributed by atoms with E-state index < -0.39 is 11.5 Å². The molecule has 0 aromatic carbocycles. The molecule has 0 spiro atoms. The summed E-state index contributed by atoms with van der Waals surface area (Å²) >= 11 is 0. The van der Waals surface area contributed by atoms with Crippen LogP contribution in [0.3, 0.4) is 0 Å². The Hall–Kier alpha value is -1.59. The molecule has 18 heavy (non-hydrogen) atoms. The normalized spacial score (nSPS) is 24.7. The summed E-state index contributed by atoms with van der Waals surface area (Å²) in [6.45, 7) is 6.39. The monoisotopic (exact) mass is 254 g/mol. The first kappa shape index (κ1) is 12.9. The number of amides is 3. The first-order valence-corrected chi connectivity index (χ1v) is 6.09. The third-order valence-electron chi connectivity index (χ3n) is 3.24. The predicted molar refractivity (Wildman–Crippen MR) is 62.6 cm³/mol. The second-order valence-corrected chi connectivity index (χ2v) is 5.76. The molecule has 2 aliphatic heterocycles. The number of carbonyl (C=O) groups excluding carboxylic acids is 3. The Bertz CT molecular complexity index is 383. The number of likely N-dealkylation sites (tertiary alicyclic amines) is 1. The molecule has 2 fully saturated rings. The highest BCUT2D eigenvalue weighted by Crippen LogP contribution is 2.25. The van der Waals surface area contributed by atoms with E-state index in [1.165, 1.54) is 0 Å². The molecule has 0 aromatic rings. The standard InChI is InChI=1S/C12H18N2O4/c1-12(2,3)10(16)13-5-4-8(6-13)14-9(15)7-18-11(14)17/h8H,4-7H2,1-3H3/t8-/m0/s1. The van der Waals surface area contributed by atoms with Gasteiger partial charge in [0.2, 0.25) is 5.91 Å². The highest BCUT2D eigenvalue weighted by Gasteiger charge is 2.42. The molecule has 0 aromatic heterocycles. The minimum Gasteiger partial charge on any atom is -0.439 e. The van der Waals surface area contributed by atoms with Crippen molar-refractivity contribution in [3.05, 3.63) is 0 Å². The van der Waals surface area contributed by atoms with Gasteiger partial charge in [-0.25, -0.2) is 9.69 Å². The van der Waals surface area contributed by atoms with Crippen molar-refractivity contribution in [3.8, 4) is 0 Å². The van der Waals surface area contributed by atoms with Gasteiger partial charge < -0.3 is 9.64 Å². The van der Waals surface area contributed by atoms with Gasteiger partial charge in [0.05, 0.1) is 6.04 Å². The lowest BCUT2D eigenvalue weighted by Crippen LogP contribution is -2.43. The molecule has 1 atom stereocenters. The summed E-state index contributed by atoms with van der Waals surface area (Å²) < 4.78 is 4.69. The van der Waals surface area contributed by atoms with Crippen molar-refractivity contribution in [3.63, 3.8) is 0 Å². The zero-order valence-electron chi connectivity index (χ0n) is 10.9. The number of nitrogens with zero attached hydrogens (tertiary/aromatic N) is 2. The fraction of sp³-hybridized carbons (Fsp3) is 0.750. The SMILES string of the molecule is CC(C)(C)C(=O)N1CC[C@H](N2C(=O)COC2=O)C1. The van der Waals surface area contributed by atoms with Gasteiger partial charge >= 0.3 is 6.09 Å². The van der Waals surface area contributed by atoms with Crippen LogP contribution < -0.4 is 0 Å². The van der Waals surface area contributed by atoms with Gasteiger partial charge in [0.25, 0.3) is 5.91 Å². The topological polar surface area (TPSA) is 66.9 Å². The van der Waals surface area contributed by atoms with Gasteiger partial charge in [-0.3, -0.25) is 9.59 Å². The first-order valence-electron chi connectivity index (χ1n) is 6.09. The van der Waals surface area contributed by atoms with Crippen molar-refractivity contribution in [2.45, 2.75) is 33.2 Å². The van der Waals surface area contributed by atoms with Gasteiger partial charge in [-0.1, -0.05) is 20.8 Å². The van der Waals surface area contributed by atoms with Crippen molar-refractivity contribution in [2.24, 2.45) is 5.41 Å². The Labute approximate surface area is 106 Å². The lowest BCUT2D eigenvalue weighted by molar-refractivity contribution is -0.139. The average molecular weight is 254 g/mol. The highest BCUT2D eigenvalue weighted by atomic mass is 16.6. The van der Waals surface area contributed by atoms with Gasteiger partial charge in [-0.2, -0.15) is 0 Å². The van der Waals surface area contributed by atoms with Gasteiger partial charge in [-0.05, 0) is 6.42 Å². The molecule has 2 heterocycles. The quantitative estimate of drug-likeness (QED) is 0.687. The van der Waals surface area contributed by atoms with E-state index in [9.17, 15) is 14.4 Å². The molecule has 0 aliphatic carbocycles. The van der Waals surface area contributed by atoms with E-state index in [1.807, 2.05) is 20.8 Å². The molecule has 6 nitrogen and oxygen atoms in total. The Morgan fingerprint density at radius 1 is 1.33 bits per heavy atom. The Balaban J connectivity index is 2.03. The smallest absolute Gasteiger partial charge is 0.417 e. The number of carbonyl (C=O) groups is 3. The van der Waals surface area contributed by atoms with Crippen molar-refractivity contribution in [2.75, 3.05) is 19.7 Å². The Morgan fingerprint density at radius 3 is 2.50 bits per heavy atom. The number of imide groups is 1. The third-order valence-corrected chi connectivity index (χ3v) is 3.24. The van der Waals surface area contributed by atoms with E-state index in [-0.39, 0.29) is 24.5 Å². The molecule has 0 saturated carbocycles. The van der Waals surface area contributed by atoms with Crippen LogP contribution in [0, 0.1) is 5.41 Å². The van der Waals surface area contributed by atoms with Crippen molar-refractivity contribution >= 4 is 17.9 Å². The minimum absolute atomic E-state index is 0.0463. The van der Waals surface area contributed by atoms with Crippen molar-refractivity contribution in [1.29, 1.82) is 0 Å². The van der Waals surface area contributed by atoms with Crippen LogP contribution in [-0.2, 0) is 14.3 Å². The number of ether oxygens (including phenoxy) is 1. The fourth-order valence-electron chi connectivity index (χ4n) is 2.33. The molecule has 2 aliphatic rings. The maximum atomic E-state index is 12.1. The summed E-state index contributed by atoms with van der Waals surface area (Å²) in [5.41, 5.74) is -0.440. The molecule has 100 valence electrons. The van der Waals surface area contributed by atoms with Gasteiger partial charge in [0.15, 0.2) is 6.61 Å². The minimum atomic E-state index is -0.588. The molecule has 2 saturated heterocycles. The van der Waals surface area contributed by atoms with Crippen molar-refractivity contribution < 1.29 is 19.1 Å². The summed E-state index contributed by atoms with van der Waals surface area (Å²) in [5.74, 6) is -0.264. The van der Waals surface area contributed by atoms with Crippen LogP contribution in [0.4, 0.5) is 4.79 Å². The van der Waals surface area contributed by atoms with Gasteiger partial charge in [0.1, 0.15) is 0 Å². The maximum absolute atomic E-state index is 12.1. The average Bonchev–Trinajstić information content (AvgIpc) is 2.83. The second-order valence-electron chi connectivity index (χ2n) is 5.76. The molecular formula is C12H18N2O4. The van der Waals surface area contributed by atoms with Crippen LogP contribution in [0.2, 0.25) is 0 Å². The van der Waals surface area contributed by atoms with Crippen LogP contribution in [0.1, 0.15) is 27.2 Å². The van der Waals surface area contributed by atoms with Crippen LogP contribution >= 0.6 is 0 Å². The molecule has 0 N–H and O–H groups in total. The Morgan fingerprint density at radius 2 is 2.00 bits per heavy atom. The lowest BCUT2D eigenvalue weighted by atomic mass is 9.95. The summed E-state index contributed by atoms with van der Waals surface area (Å²) in [6, 6.07) is -0.237. The highest BCUT2D eigenvalue weighted by molar-refractivity contribution is 5.98. The molecule has 0 radical (unpaired) electrons. The van der Waals surface area contributed by atoms with E-state index in [0.717, 1.165) is 4.90 Å². The summed E-state index contributed by atoms with van der Waals surface area (Å²) in [7, 11) is 0. The molecule has 0 unspecified atom stereocenters. The van der Waals surface area contributed by atoms with Crippen LogP contribution in [0.5, 0.6) is 0 Å². The number of rotatable bonds is 1. The number of cyclic esters (lactones) is 1. The largest absolute Gasteiger partial charge is 0.439 e. The second kappa shape index (κ2) is 4.26.